The Morgan fingerprint density at radius 3 is 2.92 bits per heavy atom. The number of hydrogen-bond donors (Lipinski definition) is 2. The van der Waals surface area contributed by atoms with Gasteiger partial charge in [-0.05, 0) is 35.7 Å². The number of carbonyl (C=O) groups is 1. The fraction of sp³-hybridized carbons (Fsp3) is 0.263. The van der Waals surface area contributed by atoms with Crippen molar-refractivity contribution in [2.45, 2.75) is 19.5 Å². The second-order valence-electron chi connectivity index (χ2n) is 6.24. The molecule has 1 aliphatic heterocycles. The zero-order valence-corrected chi connectivity index (χ0v) is 15.0. The maximum absolute atomic E-state index is 13.1. The van der Waals surface area contributed by atoms with Gasteiger partial charge >= 0.3 is 0 Å². The number of pyridine rings is 1. The lowest BCUT2D eigenvalue weighted by Gasteiger charge is -2.28. The van der Waals surface area contributed by atoms with Crippen molar-refractivity contribution in [3.8, 4) is 0 Å². The number of carbonyl (C=O) groups excluding carboxylic acids is 1. The molecule has 0 fully saturated rings. The number of nitrogens with one attached hydrogen (secondary N) is 1. The third-order valence-electron chi connectivity index (χ3n) is 4.32. The summed E-state index contributed by atoms with van der Waals surface area (Å²) >= 11 is 5.98. The first-order valence-corrected chi connectivity index (χ1v) is 8.71. The monoisotopic (exact) mass is 374 g/mol. The van der Waals surface area contributed by atoms with E-state index in [0.29, 0.717) is 34.8 Å². The summed E-state index contributed by atoms with van der Waals surface area (Å²) in [6.45, 7) is 2.26. The molecule has 0 radical (unpaired) electrons. The van der Waals surface area contributed by atoms with E-state index < -0.39 is 5.82 Å². The highest BCUT2D eigenvalue weighted by atomic mass is 35.5. The van der Waals surface area contributed by atoms with Gasteiger partial charge in [-0.1, -0.05) is 23.7 Å². The summed E-state index contributed by atoms with van der Waals surface area (Å²) in [5.41, 5.74) is 9.08. The van der Waals surface area contributed by atoms with Crippen molar-refractivity contribution in [1.82, 2.24) is 15.2 Å². The molecule has 5 nitrogen and oxygen atoms in total. The molecule has 1 amide bonds. The number of nitrogens with two attached hydrogens (primary N) is 1. The van der Waals surface area contributed by atoms with Crippen LogP contribution in [-0.2, 0) is 17.9 Å². The van der Waals surface area contributed by atoms with Crippen LogP contribution in [0.25, 0.3) is 0 Å². The number of halogens is 2. The SMILES string of the molecule is NC1=C(C(=O)NCc2ccc(F)cc2Cl)CCN(Cc2cccnc2)C1. The lowest BCUT2D eigenvalue weighted by Crippen LogP contribution is -2.38. The van der Waals surface area contributed by atoms with E-state index in [1.807, 2.05) is 18.3 Å². The lowest BCUT2D eigenvalue weighted by atomic mass is 10.0. The minimum absolute atomic E-state index is 0.205. The van der Waals surface area contributed by atoms with Crippen molar-refractivity contribution in [1.29, 1.82) is 0 Å². The molecule has 2 aromatic rings. The summed E-state index contributed by atoms with van der Waals surface area (Å²) in [6, 6.07) is 8.03. The van der Waals surface area contributed by atoms with Crippen LogP contribution in [0.15, 0.2) is 54.0 Å². The number of benzene rings is 1. The van der Waals surface area contributed by atoms with E-state index in [2.05, 4.69) is 15.2 Å². The number of aromatic nitrogens is 1. The van der Waals surface area contributed by atoms with E-state index in [4.69, 9.17) is 17.3 Å². The molecular weight excluding hydrogens is 355 g/mol. The molecule has 7 heteroatoms. The molecule has 26 heavy (non-hydrogen) atoms. The first kappa shape index (κ1) is 18.4. The van der Waals surface area contributed by atoms with Gasteiger partial charge in [0.05, 0.1) is 0 Å². The Kier molecular flexibility index (Phi) is 5.85. The van der Waals surface area contributed by atoms with Crippen LogP contribution >= 0.6 is 11.6 Å². The largest absolute Gasteiger partial charge is 0.401 e. The van der Waals surface area contributed by atoms with Crippen molar-refractivity contribution < 1.29 is 9.18 Å². The summed E-state index contributed by atoms with van der Waals surface area (Å²) in [7, 11) is 0. The van der Waals surface area contributed by atoms with Crippen LogP contribution in [0, 0.1) is 5.82 Å². The fourth-order valence-electron chi connectivity index (χ4n) is 2.94. The van der Waals surface area contributed by atoms with E-state index in [-0.39, 0.29) is 12.5 Å². The molecule has 0 bridgehead atoms. The fourth-order valence-corrected chi connectivity index (χ4v) is 3.17. The van der Waals surface area contributed by atoms with Gasteiger partial charge in [-0.3, -0.25) is 14.7 Å². The molecule has 1 aromatic heterocycles. The highest BCUT2D eigenvalue weighted by molar-refractivity contribution is 6.31. The van der Waals surface area contributed by atoms with Gasteiger partial charge in [-0.25, -0.2) is 4.39 Å². The predicted molar refractivity (Wildman–Crippen MR) is 98.6 cm³/mol. The highest BCUT2D eigenvalue weighted by Crippen LogP contribution is 2.19. The van der Waals surface area contributed by atoms with E-state index in [0.717, 1.165) is 18.7 Å². The van der Waals surface area contributed by atoms with Gasteiger partial charge < -0.3 is 11.1 Å². The Morgan fingerprint density at radius 1 is 1.38 bits per heavy atom. The minimum Gasteiger partial charge on any atom is -0.401 e. The van der Waals surface area contributed by atoms with Gasteiger partial charge in [0.1, 0.15) is 5.82 Å². The van der Waals surface area contributed by atoms with Crippen LogP contribution < -0.4 is 11.1 Å². The molecule has 136 valence electrons. The normalized spacial score (nSPS) is 15.2. The van der Waals surface area contributed by atoms with Crippen molar-refractivity contribution in [2.24, 2.45) is 5.73 Å². The van der Waals surface area contributed by atoms with E-state index >= 15 is 0 Å². The Hall–Kier alpha value is -2.44. The van der Waals surface area contributed by atoms with E-state index in [1.165, 1.54) is 12.1 Å². The molecule has 1 aromatic carbocycles. The van der Waals surface area contributed by atoms with Crippen LogP contribution in [0.5, 0.6) is 0 Å². The molecule has 0 aliphatic carbocycles. The van der Waals surface area contributed by atoms with Crippen LogP contribution in [-0.4, -0.2) is 28.9 Å². The van der Waals surface area contributed by atoms with E-state index in [9.17, 15) is 9.18 Å². The van der Waals surface area contributed by atoms with Crippen molar-refractivity contribution in [3.63, 3.8) is 0 Å². The quantitative estimate of drug-likeness (QED) is 0.844. The molecule has 3 rings (SSSR count). The van der Waals surface area contributed by atoms with Crippen LogP contribution in [0.3, 0.4) is 0 Å². The maximum Gasteiger partial charge on any atom is 0.249 e. The van der Waals surface area contributed by atoms with Gasteiger partial charge in [-0.2, -0.15) is 0 Å². The summed E-state index contributed by atoms with van der Waals surface area (Å²) < 4.78 is 13.1. The molecule has 2 heterocycles. The van der Waals surface area contributed by atoms with Crippen LogP contribution in [0.4, 0.5) is 4.39 Å². The smallest absolute Gasteiger partial charge is 0.249 e. The zero-order valence-electron chi connectivity index (χ0n) is 14.2. The third-order valence-corrected chi connectivity index (χ3v) is 4.67. The number of rotatable bonds is 5. The van der Waals surface area contributed by atoms with Crippen LogP contribution in [0.1, 0.15) is 17.5 Å². The zero-order chi connectivity index (χ0) is 18.5. The highest BCUT2D eigenvalue weighted by Gasteiger charge is 2.22. The molecular formula is C19H20ClFN4O. The molecule has 3 N–H and O–H groups in total. The molecule has 0 saturated heterocycles. The molecule has 0 atom stereocenters. The Bertz CT molecular complexity index is 826. The summed E-state index contributed by atoms with van der Waals surface area (Å²) in [5, 5.41) is 3.10. The first-order chi connectivity index (χ1) is 12.5. The second-order valence-corrected chi connectivity index (χ2v) is 6.65. The Morgan fingerprint density at radius 2 is 2.23 bits per heavy atom. The lowest BCUT2D eigenvalue weighted by molar-refractivity contribution is -0.118. The standard InChI is InChI=1S/C19H20ClFN4O/c20-17-8-15(21)4-3-14(17)10-24-19(26)16-5-7-25(12-18(16)22)11-13-2-1-6-23-9-13/h1-4,6,8-9H,5,7,10-12,22H2,(H,24,26). The molecule has 0 spiro atoms. The van der Waals surface area contributed by atoms with Crippen molar-refractivity contribution in [2.75, 3.05) is 13.1 Å². The van der Waals surface area contributed by atoms with E-state index in [1.54, 1.807) is 12.3 Å². The molecule has 0 saturated carbocycles. The Balaban J connectivity index is 1.58. The topological polar surface area (TPSA) is 71.2 Å². The second kappa shape index (κ2) is 8.29. The predicted octanol–water partition coefficient (Wildman–Crippen LogP) is 2.61. The first-order valence-electron chi connectivity index (χ1n) is 8.34. The Labute approximate surface area is 156 Å². The minimum atomic E-state index is -0.405. The van der Waals surface area contributed by atoms with Gasteiger partial charge in [0, 0.05) is 54.9 Å². The van der Waals surface area contributed by atoms with Gasteiger partial charge in [-0.15, -0.1) is 0 Å². The third kappa shape index (κ3) is 4.59. The van der Waals surface area contributed by atoms with Crippen molar-refractivity contribution in [3.05, 3.63) is 76.0 Å². The van der Waals surface area contributed by atoms with Crippen LogP contribution in [0.2, 0.25) is 5.02 Å². The maximum atomic E-state index is 13.1. The molecule has 1 aliphatic rings. The van der Waals surface area contributed by atoms with Gasteiger partial charge in [0.25, 0.3) is 0 Å². The molecule has 0 unspecified atom stereocenters. The summed E-state index contributed by atoms with van der Waals surface area (Å²) in [4.78, 5) is 18.7. The summed E-state index contributed by atoms with van der Waals surface area (Å²) in [5.74, 6) is -0.609. The number of hydrogen-bond acceptors (Lipinski definition) is 4. The summed E-state index contributed by atoms with van der Waals surface area (Å²) in [6.07, 6.45) is 4.15. The number of nitrogens with zero attached hydrogens (tertiary/aromatic N) is 2. The number of amides is 1. The average molecular weight is 375 g/mol. The van der Waals surface area contributed by atoms with Gasteiger partial charge in [0.2, 0.25) is 5.91 Å². The van der Waals surface area contributed by atoms with Crippen molar-refractivity contribution >= 4 is 17.5 Å². The average Bonchev–Trinajstić information content (AvgIpc) is 2.62. The van der Waals surface area contributed by atoms with Gasteiger partial charge in [0.15, 0.2) is 0 Å².